The molecule has 0 unspecified atom stereocenters. The van der Waals surface area contributed by atoms with E-state index >= 15 is 0 Å². The molecular formula is C20H20N2O3. The number of nitrogens with two attached hydrogens (primary N) is 1. The van der Waals surface area contributed by atoms with Crippen molar-refractivity contribution in [3.8, 4) is 12.3 Å². The monoisotopic (exact) mass is 336 g/mol. The normalized spacial score (nSPS) is 10.6. The fourth-order valence-corrected chi connectivity index (χ4v) is 2.14. The van der Waals surface area contributed by atoms with Crippen molar-refractivity contribution in [2.75, 3.05) is 11.1 Å². The van der Waals surface area contributed by atoms with Crippen LogP contribution in [-0.4, -0.2) is 17.5 Å². The quantitative estimate of drug-likeness (QED) is 0.511. The number of esters is 1. The fourth-order valence-electron chi connectivity index (χ4n) is 2.14. The molecule has 0 fully saturated rings. The van der Waals surface area contributed by atoms with E-state index in [0.29, 0.717) is 16.8 Å². The lowest BCUT2D eigenvalue weighted by Gasteiger charge is -2.21. The van der Waals surface area contributed by atoms with Crippen LogP contribution in [0.15, 0.2) is 42.5 Å². The van der Waals surface area contributed by atoms with E-state index in [-0.39, 0.29) is 17.2 Å². The zero-order chi connectivity index (χ0) is 18.6. The first-order valence-electron chi connectivity index (χ1n) is 7.71. The Hall–Kier alpha value is -3.26. The molecular weight excluding hydrogens is 316 g/mol. The third kappa shape index (κ3) is 4.61. The van der Waals surface area contributed by atoms with Crippen LogP contribution >= 0.6 is 0 Å². The molecule has 0 aromatic heterocycles. The summed E-state index contributed by atoms with van der Waals surface area (Å²) in [5, 5.41) is 2.70. The van der Waals surface area contributed by atoms with Crippen LogP contribution in [-0.2, 0) is 4.74 Å². The number of rotatable bonds is 3. The number of carbonyl (C=O) groups is 2. The Morgan fingerprint density at radius 3 is 2.32 bits per heavy atom. The van der Waals surface area contributed by atoms with Crippen LogP contribution < -0.4 is 11.1 Å². The van der Waals surface area contributed by atoms with Crippen LogP contribution in [0.4, 0.5) is 11.4 Å². The average Bonchev–Trinajstić information content (AvgIpc) is 2.53. The molecule has 0 aliphatic heterocycles. The molecule has 0 radical (unpaired) electrons. The summed E-state index contributed by atoms with van der Waals surface area (Å²) in [6, 6.07) is 11.4. The van der Waals surface area contributed by atoms with Crippen molar-refractivity contribution in [1.29, 1.82) is 0 Å². The molecule has 2 aromatic carbocycles. The molecule has 0 spiro atoms. The highest BCUT2D eigenvalue weighted by Crippen LogP contribution is 2.25. The Morgan fingerprint density at radius 1 is 1.12 bits per heavy atom. The lowest BCUT2D eigenvalue weighted by atomic mass is 10.1. The molecule has 0 bridgehead atoms. The number of hydrogen-bond donors (Lipinski definition) is 2. The second kappa shape index (κ2) is 7.10. The molecule has 0 saturated carbocycles. The van der Waals surface area contributed by atoms with Crippen LogP contribution in [0, 0.1) is 12.3 Å². The van der Waals surface area contributed by atoms with Gasteiger partial charge in [-0.2, -0.15) is 0 Å². The molecule has 0 saturated heterocycles. The zero-order valence-electron chi connectivity index (χ0n) is 14.4. The van der Waals surface area contributed by atoms with Gasteiger partial charge < -0.3 is 15.8 Å². The smallest absolute Gasteiger partial charge is 0.342 e. The number of amides is 1. The zero-order valence-corrected chi connectivity index (χ0v) is 14.4. The summed E-state index contributed by atoms with van der Waals surface area (Å²) in [4.78, 5) is 24.9. The van der Waals surface area contributed by atoms with Gasteiger partial charge in [-0.3, -0.25) is 4.79 Å². The predicted octanol–water partition coefficient (Wildman–Crippen LogP) is 3.46. The minimum atomic E-state index is -0.675. The number of nitrogens with one attached hydrogen (secondary N) is 1. The molecule has 0 aliphatic rings. The van der Waals surface area contributed by atoms with E-state index in [1.54, 1.807) is 63.2 Å². The summed E-state index contributed by atoms with van der Waals surface area (Å²) in [5.41, 5.74) is 6.99. The van der Waals surface area contributed by atoms with Gasteiger partial charge in [0.25, 0.3) is 5.91 Å². The standard InChI is InChI=1S/C20H20N2O3/c1-5-13-9-11-14(12-10-13)18(23)22-16-8-6-7-15(21)17(16)19(24)25-20(2,3)4/h1,6-12H,21H2,2-4H3,(H,22,23). The highest BCUT2D eigenvalue weighted by molar-refractivity contribution is 6.10. The SMILES string of the molecule is C#Cc1ccc(C(=O)Nc2cccc(N)c2C(=O)OC(C)(C)C)cc1. The van der Waals surface area contributed by atoms with Crippen molar-refractivity contribution in [3.05, 3.63) is 59.2 Å². The molecule has 1 amide bonds. The van der Waals surface area contributed by atoms with E-state index in [1.807, 2.05) is 0 Å². The first kappa shape index (κ1) is 18.1. The number of carbonyl (C=O) groups excluding carboxylic acids is 2. The van der Waals surface area contributed by atoms with E-state index in [2.05, 4.69) is 11.2 Å². The van der Waals surface area contributed by atoms with Crippen LogP contribution in [0.25, 0.3) is 0 Å². The van der Waals surface area contributed by atoms with Crippen molar-refractivity contribution in [2.24, 2.45) is 0 Å². The van der Waals surface area contributed by atoms with Crippen LogP contribution in [0.3, 0.4) is 0 Å². The van der Waals surface area contributed by atoms with Gasteiger partial charge in [0.05, 0.1) is 5.69 Å². The van der Waals surface area contributed by atoms with E-state index in [0.717, 1.165) is 0 Å². The maximum Gasteiger partial charge on any atom is 0.342 e. The molecule has 2 rings (SSSR count). The first-order chi connectivity index (χ1) is 11.7. The first-order valence-corrected chi connectivity index (χ1v) is 7.71. The van der Waals surface area contributed by atoms with Crippen LogP contribution in [0.1, 0.15) is 47.1 Å². The second-order valence-electron chi connectivity index (χ2n) is 6.45. The molecule has 0 atom stereocenters. The van der Waals surface area contributed by atoms with Gasteiger partial charge in [-0.15, -0.1) is 6.42 Å². The summed E-state index contributed by atoms with van der Waals surface area (Å²) < 4.78 is 5.37. The van der Waals surface area contributed by atoms with Gasteiger partial charge in [-0.1, -0.05) is 12.0 Å². The lowest BCUT2D eigenvalue weighted by molar-refractivity contribution is 0.00720. The molecule has 5 nitrogen and oxygen atoms in total. The van der Waals surface area contributed by atoms with Crippen molar-refractivity contribution in [3.63, 3.8) is 0 Å². The van der Waals surface area contributed by atoms with Crippen molar-refractivity contribution >= 4 is 23.3 Å². The third-order valence-electron chi connectivity index (χ3n) is 3.26. The Balaban J connectivity index is 2.30. The van der Waals surface area contributed by atoms with E-state index in [9.17, 15) is 9.59 Å². The van der Waals surface area contributed by atoms with Crippen molar-refractivity contribution in [1.82, 2.24) is 0 Å². The van der Waals surface area contributed by atoms with Gasteiger partial charge in [0.15, 0.2) is 0 Å². The fraction of sp³-hybridized carbons (Fsp3) is 0.200. The summed E-state index contributed by atoms with van der Waals surface area (Å²) in [7, 11) is 0. The lowest BCUT2D eigenvalue weighted by Crippen LogP contribution is -2.25. The number of terminal acetylenes is 1. The van der Waals surface area contributed by atoms with E-state index in [4.69, 9.17) is 16.9 Å². The summed E-state index contributed by atoms with van der Waals surface area (Å²) in [6.45, 7) is 5.28. The third-order valence-corrected chi connectivity index (χ3v) is 3.26. The molecule has 128 valence electrons. The number of benzene rings is 2. The molecule has 0 aliphatic carbocycles. The van der Waals surface area contributed by atoms with Gasteiger partial charge in [0.1, 0.15) is 11.2 Å². The predicted molar refractivity (Wildman–Crippen MR) is 98.4 cm³/mol. The molecule has 0 heterocycles. The molecule has 2 aromatic rings. The Bertz CT molecular complexity index is 841. The number of hydrogen-bond acceptors (Lipinski definition) is 4. The average molecular weight is 336 g/mol. The number of anilines is 2. The van der Waals surface area contributed by atoms with Crippen LogP contribution in [0.2, 0.25) is 0 Å². The number of ether oxygens (including phenoxy) is 1. The molecule has 25 heavy (non-hydrogen) atoms. The van der Waals surface area contributed by atoms with E-state index in [1.165, 1.54) is 0 Å². The van der Waals surface area contributed by atoms with Gasteiger partial charge in [0.2, 0.25) is 0 Å². The maximum atomic E-state index is 12.4. The van der Waals surface area contributed by atoms with Crippen molar-refractivity contribution in [2.45, 2.75) is 26.4 Å². The molecule has 5 heteroatoms. The minimum absolute atomic E-state index is 0.131. The van der Waals surface area contributed by atoms with E-state index < -0.39 is 11.6 Å². The Labute approximate surface area is 147 Å². The summed E-state index contributed by atoms with van der Waals surface area (Å²) in [5.74, 6) is 1.52. The second-order valence-corrected chi connectivity index (χ2v) is 6.45. The van der Waals surface area contributed by atoms with Gasteiger partial charge in [-0.05, 0) is 57.2 Å². The largest absolute Gasteiger partial charge is 0.456 e. The van der Waals surface area contributed by atoms with Gasteiger partial charge in [0, 0.05) is 16.8 Å². The van der Waals surface area contributed by atoms with Crippen molar-refractivity contribution < 1.29 is 14.3 Å². The van der Waals surface area contributed by atoms with Gasteiger partial charge in [-0.25, -0.2) is 4.79 Å². The highest BCUT2D eigenvalue weighted by Gasteiger charge is 2.23. The van der Waals surface area contributed by atoms with Crippen LogP contribution in [0.5, 0.6) is 0 Å². The van der Waals surface area contributed by atoms with Gasteiger partial charge >= 0.3 is 5.97 Å². The topological polar surface area (TPSA) is 81.4 Å². The summed E-state index contributed by atoms with van der Waals surface area (Å²) >= 11 is 0. The maximum absolute atomic E-state index is 12.4. The minimum Gasteiger partial charge on any atom is -0.456 e. The Kier molecular flexibility index (Phi) is 5.14. The Morgan fingerprint density at radius 2 is 1.76 bits per heavy atom. The highest BCUT2D eigenvalue weighted by atomic mass is 16.6. The summed E-state index contributed by atoms with van der Waals surface area (Å²) in [6.07, 6.45) is 5.30. The number of nitrogen functional groups attached to an aromatic ring is 1. The molecule has 3 N–H and O–H groups in total.